The minimum absolute atomic E-state index is 0.0440. The van der Waals surface area contributed by atoms with Crippen LogP contribution in [0.3, 0.4) is 0 Å². The molecule has 0 aliphatic rings. The quantitative estimate of drug-likeness (QED) is 0.352. The van der Waals surface area contributed by atoms with Gasteiger partial charge in [0.15, 0.2) is 0 Å². The first-order valence-corrected chi connectivity index (χ1v) is 12.8. The van der Waals surface area contributed by atoms with Crippen LogP contribution in [-0.4, -0.2) is 39.4 Å². The summed E-state index contributed by atoms with van der Waals surface area (Å²) in [5.41, 5.74) is 0.921. The van der Waals surface area contributed by atoms with Crippen molar-refractivity contribution in [2.45, 2.75) is 11.4 Å². The highest BCUT2D eigenvalue weighted by Crippen LogP contribution is 2.29. The number of nitrogens with zero attached hydrogens (tertiary/aromatic N) is 1. The molecule has 11 heteroatoms. The average molecular weight is 588 g/mol. The molecule has 3 aromatic carbocycles. The van der Waals surface area contributed by atoms with Gasteiger partial charge >= 0.3 is 0 Å². The fourth-order valence-electron chi connectivity index (χ4n) is 3.08. The van der Waals surface area contributed by atoms with Gasteiger partial charge in [-0.1, -0.05) is 45.2 Å². The monoisotopic (exact) mass is 586 g/mol. The Balaban J connectivity index is 1.92. The van der Waals surface area contributed by atoms with Crippen molar-refractivity contribution in [1.29, 1.82) is 0 Å². The summed E-state index contributed by atoms with van der Waals surface area (Å²) in [6.07, 6.45) is 0. The second-order valence-electron chi connectivity index (χ2n) is 7.09. The molecular formula is C23H21BrCl2N2O5S. The Labute approximate surface area is 216 Å². The summed E-state index contributed by atoms with van der Waals surface area (Å²) in [7, 11) is -1.07. The predicted octanol–water partition coefficient (Wildman–Crippen LogP) is 5.60. The molecule has 0 radical (unpaired) electrons. The standard InChI is InChI=1S/C23H21BrCl2N2O5S/c1-32-17-6-10-22(33-2)21(12-17)27-23(29)14-28(13-15-3-9-19(25)20(26)11-15)34(30,31)18-7-4-16(24)5-8-18/h3-12H,13-14H2,1-2H3,(H,27,29). The van der Waals surface area contributed by atoms with Gasteiger partial charge in [0, 0.05) is 17.1 Å². The van der Waals surface area contributed by atoms with Crippen LogP contribution in [0.15, 0.2) is 70.0 Å². The van der Waals surface area contributed by atoms with Crippen LogP contribution >= 0.6 is 39.1 Å². The minimum atomic E-state index is -4.04. The van der Waals surface area contributed by atoms with Crippen molar-refractivity contribution in [1.82, 2.24) is 4.31 Å². The molecule has 0 spiro atoms. The third-order valence-electron chi connectivity index (χ3n) is 4.80. The van der Waals surface area contributed by atoms with E-state index in [2.05, 4.69) is 21.2 Å². The van der Waals surface area contributed by atoms with E-state index in [4.69, 9.17) is 32.7 Å². The van der Waals surface area contributed by atoms with E-state index in [0.717, 1.165) is 8.78 Å². The number of halogens is 3. The maximum absolute atomic E-state index is 13.4. The first kappa shape index (κ1) is 26.3. The Hall–Kier alpha value is -2.30. The van der Waals surface area contributed by atoms with Crippen molar-refractivity contribution in [2.75, 3.05) is 26.1 Å². The molecule has 0 aromatic heterocycles. The molecule has 1 amide bonds. The summed E-state index contributed by atoms with van der Waals surface area (Å²) in [5.74, 6) is 0.347. The first-order chi connectivity index (χ1) is 16.1. The fraction of sp³-hybridized carbons (Fsp3) is 0.174. The zero-order valence-electron chi connectivity index (χ0n) is 18.2. The third-order valence-corrected chi connectivity index (χ3v) is 7.87. The van der Waals surface area contributed by atoms with Crippen molar-refractivity contribution in [3.05, 3.63) is 80.7 Å². The molecule has 0 fully saturated rings. The van der Waals surface area contributed by atoms with E-state index in [1.807, 2.05) is 0 Å². The third kappa shape index (κ3) is 6.43. The molecule has 0 saturated carbocycles. The Morgan fingerprint density at radius 1 is 0.971 bits per heavy atom. The zero-order chi connectivity index (χ0) is 24.9. The lowest BCUT2D eigenvalue weighted by Crippen LogP contribution is -2.37. The van der Waals surface area contributed by atoms with Crippen molar-refractivity contribution >= 4 is 60.7 Å². The Morgan fingerprint density at radius 2 is 1.68 bits per heavy atom. The van der Waals surface area contributed by atoms with Crippen molar-refractivity contribution < 1.29 is 22.7 Å². The zero-order valence-corrected chi connectivity index (χ0v) is 22.1. The highest BCUT2D eigenvalue weighted by molar-refractivity contribution is 9.10. The average Bonchev–Trinajstić information content (AvgIpc) is 2.81. The Bertz CT molecular complexity index is 1290. The number of carbonyl (C=O) groups is 1. The van der Waals surface area contributed by atoms with Crippen LogP contribution < -0.4 is 14.8 Å². The van der Waals surface area contributed by atoms with E-state index in [1.54, 1.807) is 48.5 Å². The molecule has 3 aromatic rings. The molecule has 180 valence electrons. The number of sulfonamides is 1. The topological polar surface area (TPSA) is 84.9 Å². The van der Waals surface area contributed by atoms with Gasteiger partial charge in [-0.05, 0) is 54.1 Å². The smallest absolute Gasteiger partial charge is 0.243 e. The van der Waals surface area contributed by atoms with E-state index < -0.39 is 22.5 Å². The van der Waals surface area contributed by atoms with Gasteiger partial charge in [-0.15, -0.1) is 0 Å². The molecule has 0 aliphatic carbocycles. The van der Waals surface area contributed by atoms with Crippen molar-refractivity contribution in [2.24, 2.45) is 0 Å². The van der Waals surface area contributed by atoms with Crippen LogP contribution in [0, 0.1) is 0 Å². The number of hydrogen-bond donors (Lipinski definition) is 1. The maximum atomic E-state index is 13.4. The molecule has 0 bridgehead atoms. The number of carbonyl (C=O) groups excluding carboxylic acids is 1. The number of anilines is 1. The van der Waals surface area contributed by atoms with Gasteiger partial charge < -0.3 is 14.8 Å². The summed E-state index contributed by atoms with van der Waals surface area (Å²) in [6, 6.07) is 15.9. The lowest BCUT2D eigenvalue weighted by molar-refractivity contribution is -0.116. The fourth-order valence-corrected chi connectivity index (χ4v) is 5.05. The lowest BCUT2D eigenvalue weighted by Gasteiger charge is -2.22. The van der Waals surface area contributed by atoms with Gasteiger partial charge in [0.05, 0.1) is 41.4 Å². The SMILES string of the molecule is COc1ccc(OC)c(NC(=O)CN(Cc2ccc(Cl)c(Cl)c2)S(=O)(=O)c2ccc(Br)cc2)c1. The van der Waals surface area contributed by atoms with Gasteiger partial charge in [0.25, 0.3) is 0 Å². The van der Waals surface area contributed by atoms with Crippen LogP contribution in [0.2, 0.25) is 10.0 Å². The molecule has 0 heterocycles. The van der Waals surface area contributed by atoms with E-state index in [0.29, 0.717) is 27.8 Å². The van der Waals surface area contributed by atoms with Crippen molar-refractivity contribution in [3.63, 3.8) is 0 Å². The number of rotatable bonds is 9. The molecule has 34 heavy (non-hydrogen) atoms. The molecule has 3 rings (SSSR count). The van der Waals surface area contributed by atoms with E-state index in [9.17, 15) is 13.2 Å². The highest BCUT2D eigenvalue weighted by Gasteiger charge is 2.27. The maximum Gasteiger partial charge on any atom is 0.243 e. The number of amides is 1. The lowest BCUT2D eigenvalue weighted by atomic mass is 10.2. The first-order valence-electron chi connectivity index (χ1n) is 9.85. The Morgan fingerprint density at radius 3 is 2.29 bits per heavy atom. The number of methoxy groups -OCH3 is 2. The van der Waals surface area contributed by atoms with Crippen molar-refractivity contribution in [3.8, 4) is 11.5 Å². The normalized spacial score (nSPS) is 11.4. The number of hydrogen-bond acceptors (Lipinski definition) is 5. The summed E-state index contributed by atoms with van der Waals surface area (Å²) in [5, 5.41) is 3.33. The molecule has 0 atom stereocenters. The predicted molar refractivity (Wildman–Crippen MR) is 136 cm³/mol. The van der Waals surface area contributed by atoms with Gasteiger partial charge in [-0.2, -0.15) is 4.31 Å². The molecule has 1 N–H and O–H groups in total. The highest BCUT2D eigenvalue weighted by atomic mass is 79.9. The summed E-state index contributed by atoms with van der Waals surface area (Å²) < 4.78 is 39.2. The second kappa shape index (κ2) is 11.4. The Kier molecular flexibility index (Phi) is 8.83. The molecule has 7 nitrogen and oxygen atoms in total. The number of ether oxygens (including phenoxy) is 2. The molecule has 0 aliphatic heterocycles. The van der Waals surface area contributed by atoms with Crippen LogP contribution in [0.1, 0.15) is 5.56 Å². The van der Waals surface area contributed by atoms with Crippen LogP contribution in [0.25, 0.3) is 0 Å². The van der Waals surface area contributed by atoms with Crippen LogP contribution in [0.5, 0.6) is 11.5 Å². The number of benzene rings is 3. The van der Waals surface area contributed by atoms with Crippen LogP contribution in [0.4, 0.5) is 5.69 Å². The summed E-state index contributed by atoms with van der Waals surface area (Å²) in [6.45, 7) is -0.559. The summed E-state index contributed by atoms with van der Waals surface area (Å²) in [4.78, 5) is 13.0. The van der Waals surface area contributed by atoms with E-state index in [-0.39, 0.29) is 16.5 Å². The number of nitrogens with one attached hydrogen (secondary N) is 1. The minimum Gasteiger partial charge on any atom is -0.497 e. The van der Waals surface area contributed by atoms with Crippen LogP contribution in [-0.2, 0) is 21.4 Å². The second-order valence-corrected chi connectivity index (χ2v) is 10.8. The van der Waals surface area contributed by atoms with Gasteiger partial charge in [-0.3, -0.25) is 4.79 Å². The van der Waals surface area contributed by atoms with Gasteiger partial charge in [0.1, 0.15) is 11.5 Å². The van der Waals surface area contributed by atoms with E-state index in [1.165, 1.54) is 26.4 Å². The molecular weight excluding hydrogens is 567 g/mol. The summed E-state index contributed by atoms with van der Waals surface area (Å²) >= 11 is 15.4. The molecule has 0 saturated heterocycles. The van der Waals surface area contributed by atoms with E-state index >= 15 is 0 Å². The largest absolute Gasteiger partial charge is 0.497 e. The van der Waals surface area contributed by atoms with Gasteiger partial charge in [0.2, 0.25) is 15.9 Å². The molecule has 0 unspecified atom stereocenters. The van der Waals surface area contributed by atoms with Gasteiger partial charge in [-0.25, -0.2) is 8.42 Å².